The summed E-state index contributed by atoms with van der Waals surface area (Å²) in [6.07, 6.45) is 1.81. The summed E-state index contributed by atoms with van der Waals surface area (Å²) in [5.41, 5.74) is 0. The third kappa shape index (κ3) is 9.32. The lowest BCUT2D eigenvalue weighted by Gasteiger charge is -2.15. The van der Waals surface area contributed by atoms with Gasteiger partial charge in [-0.25, -0.2) is 4.79 Å². The maximum atomic E-state index is 11.6. The minimum Gasteiger partial charge on any atom is -0.481 e. The molecule has 1 amide bonds. The highest BCUT2D eigenvalue weighted by atomic mass is 16.4. The van der Waals surface area contributed by atoms with Crippen molar-refractivity contribution in [2.75, 3.05) is 0 Å². The summed E-state index contributed by atoms with van der Waals surface area (Å²) in [6, 6.07) is -1.23. The predicted octanol–water partition coefficient (Wildman–Crippen LogP) is 0.752. The first-order valence-electron chi connectivity index (χ1n) is 6.78. The molecule has 20 heavy (non-hydrogen) atoms. The van der Waals surface area contributed by atoms with Crippen molar-refractivity contribution in [3.8, 4) is 0 Å². The molecule has 4 N–H and O–H groups in total. The van der Waals surface area contributed by atoms with Crippen LogP contribution in [0.25, 0.3) is 0 Å². The molecule has 7 heteroatoms. The topological polar surface area (TPSA) is 124 Å². The molecule has 0 aliphatic rings. The largest absolute Gasteiger partial charge is 0.481 e. The fourth-order valence-corrected chi connectivity index (χ4v) is 1.72. The van der Waals surface area contributed by atoms with Crippen LogP contribution >= 0.6 is 0 Å². The molecule has 2 atom stereocenters. The first-order chi connectivity index (χ1) is 9.36. The van der Waals surface area contributed by atoms with Crippen LogP contribution in [0.15, 0.2) is 0 Å². The van der Waals surface area contributed by atoms with Crippen molar-refractivity contribution in [2.24, 2.45) is 0 Å². The molecule has 0 aromatic heterocycles. The van der Waals surface area contributed by atoms with Gasteiger partial charge in [-0.1, -0.05) is 26.2 Å². The van der Waals surface area contributed by atoms with Gasteiger partial charge in [0, 0.05) is 6.42 Å². The van der Waals surface area contributed by atoms with Crippen molar-refractivity contribution in [1.82, 2.24) is 5.32 Å². The smallest absolute Gasteiger partial charge is 0.326 e. The molecule has 0 aromatic carbocycles. The Labute approximate surface area is 118 Å². The molecule has 0 aliphatic heterocycles. The van der Waals surface area contributed by atoms with Gasteiger partial charge in [-0.2, -0.15) is 0 Å². The Kier molecular flexibility index (Phi) is 9.36. The number of hydrogen-bond acceptors (Lipinski definition) is 4. The number of amides is 1. The highest BCUT2D eigenvalue weighted by molar-refractivity contribution is 5.84. The Morgan fingerprint density at radius 3 is 2.25 bits per heavy atom. The number of aliphatic carboxylic acids is 2. The first kappa shape index (κ1) is 18.4. The zero-order valence-corrected chi connectivity index (χ0v) is 11.7. The number of aliphatic hydroxyl groups is 1. The maximum Gasteiger partial charge on any atom is 0.326 e. The molecule has 0 radical (unpaired) electrons. The maximum absolute atomic E-state index is 11.6. The lowest BCUT2D eigenvalue weighted by Crippen LogP contribution is -2.42. The fraction of sp³-hybridized carbons (Fsp3) is 0.769. The van der Waals surface area contributed by atoms with Gasteiger partial charge in [0.2, 0.25) is 5.91 Å². The average molecular weight is 289 g/mol. The molecule has 0 heterocycles. The molecule has 0 aromatic rings. The van der Waals surface area contributed by atoms with E-state index in [9.17, 15) is 19.5 Å². The van der Waals surface area contributed by atoms with Gasteiger partial charge in [-0.05, 0) is 12.8 Å². The van der Waals surface area contributed by atoms with Crippen LogP contribution < -0.4 is 5.32 Å². The van der Waals surface area contributed by atoms with E-state index in [0.29, 0.717) is 6.42 Å². The Bertz CT molecular complexity index is 331. The summed E-state index contributed by atoms with van der Waals surface area (Å²) in [5.74, 6) is -2.98. The van der Waals surface area contributed by atoms with E-state index in [1.165, 1.54) is 0 Å². The zero-order chi connectivity index (χ0) is 15.5. The van der Waals surface area contributed by atoms with Gasteiger partial charge in [0.05, 0.1) is 12.5 Å². The van der Waals surface area contributed by atoms with Gasteiger partial charge in [0.1, 0.15) is 6.04 Å². The molecular formula is C13H23NO6. The second-order valence-corrected chi connectivity index (χ2v) is 4.74. The van der Waals surface area contributed by atoms with Crippen molar-refractivity contribution >= 4 is 17.8 Å². The lowest BCUT2D eigenvalue weighted by atomic mass is 10.1. The van der Waals surface area contributed by atoms with Crippen molar-refractivity contribution in [1.29, 1.82) is 0 Å². The Morgan fingerprint density at radius 1 is 1.10 bits per heavy atom. The number of carboxylic acid groups (broad SMARTS) is 2. The predicted molar refractivity (Wildman–Crippen MR) is 71.2 cm³/mol. The monoisotopic (exact) mass is 289 g/mol. The summed E-state index contributed by atoms with van der Waals surface area (Å²) in [5, 5.41) is 29.2. The minimum absolute atomic E-state index is 0.166. The number of unbranched alkanes of at least 4 members (excludes halogenated alkanes) is 2. The van der Waals surface area contributed by atoms with E-state index in [1.807, 2.05) is 6.92 Å². The molecule has 0 aliphatic carbocycles. The zero-order valence-electron chi connectivity index (χ0n) is 11.7. The molecule has 0 rings (SSSR count). The average Bonchev–Trinajstić information content (AvgIpc) is 2.34. The van der Waals surface area contributed by atoms with Gasteiger partial charge < -0.3 is 20.6 Å². The van der Waals surface area contributed by atoms with E-state index < -0.39 is 30.0 Å². The number of hydrogen-bond donors (Lipinski definition) is 4. The third-order valence-electron chi connectivity index (χ3n) is 2.84. The first-order valence-corrected chi connectivity index (χ1v) is 6.78. The van der Waals surface area contributed by atoms with Crippen LogP contribution in [0.5, 0.6) is 0 Å². The van der Waals surface area contributed by atoms with E-state index in [2.05, 4.69) is 5.32 Å². The molecule has 0 saturated carbocycles. The highest BCUT2D eigenvalue weighted by Gasteiger charge is 2.22. The molecule has 2 unspecified atom stereocenters. The van der Waals surface area contributed by atoms with Crippen molar-refractivity contribution < 1.29 is 29.7 Å². The fourth-order valence-electron chi connectivity index (χ4n) is 1.72. The van der Waals surface area contributed by atoms with Crippen LogP contribution in [0, 0.1) is 0 Å². The van der Waals surface area contributed by atoms with Gasteiger partial charge >= 0.3 is 11.9 Å². The third-order valence-corrected chi connectivity index (χ3v) is 2.84. The summed E-state index contributed by atoms with van der Waals surface area (Å²) >= 11 is 0. The Balaban J connectivity index is 4.11. The van der Waals surface area contributed by atoms with Crippen molar-refractivity contribution in [2.45, 2.75) is 64.0 Å². The lowest BCUT2D eigenvalue weighted by molar-refractivity contribution is -0.143. The number of carbonyl (C=O) groups excluding carboxylic acids is 1. The van der Waals surface area contributed by atoms with Crippen LogP contribution in [-0.2, 0) is 14.4 Å². The molecule has 0 spiro atoms. The standard InChI is InChI=1S/C13H23NO6/c1-2-3-4-5-9(15)8-11(16)14-10(13(19)20)6-7-12(17)18/h9-10,15H,2-8H2,1H3,(H,14,16)(H,17,18)(H,19,20). The van der Waals surface area contributed by atoms with Crippen LogP contribution in [0.1, 0.15) is 51.9 Å². The van der Waals surface area contributed by atoms with Crippen LogP contribution in [0.2, 0.25) is 0 Å². The van der Waals surface area contributed by atoms with E-state index in [-0.39, 0.29) is 19.3 Å². The number of nitrogens with one attached hydrogen (secondary N) is 1. The quantitative estimate of drug-likeness (QED) is 0.416. The Hall–Kier alpha value is -1.63. The summed E-state index contributed by atoms with van der Waals surface area (Å²) in [4.78, 5) is 32.8. The van der Waals surface area contributed by atoms with Gasteiger partial charge in [0.15, 0.2) is 0 Å². The second kappa shape index (κ2) is 10.2. The number of aliphatic hydroxyl groups excluding tert-OH is 1. The molecule has 7 nitrogen and oxygen atoms in total. The highest BCUT2D eigenvalue weighted by Crippen LogP contribution is 2.07. The Morgan fingerprint density at radius 2 is 1.75 bits per heavy atom. The van der Waals surface area contributed by atoms with Crippen molar-refractivity contribution in [3.63, 3.8) is 0 Å². The van der Waals surface area contributed by atoms with E-state index >= 15 is 0 Å². The van der Waals surface area contributed by atoms with E-state index in [0.717, 1.165) is 19.3 Å². The van der Waals surface area contributed by atoms with E-state index in [4.69, 9.17) is 10.2 Å². The molecule has 0 bridgehead atoms. The van der Waals surface area contributed by atoms with Gasteiger partial charge in [0.25, 0.3) is 0 Å². The second-order valence-electron chi connectivity index (χ2n) is 4.74. The molecule has 116 valence electrons. The number of rotatable bonds is 11. The van der Waals surface area contributed by atoms with Crippen LogP contribution in [-0.4, -0.2) is 45.3 Å². The van der Waals surface area contributed by atoms with Crippen LogP contribution in [0.4, 0.5) is 0 Å². The van der Waals surface area contributed by atoms with Crippen molar-refractivity contribution in [3.05, 3.63) is 0 Å². The van der Waals surface area contributed by atoms with E-state index in [1.54, 1.807) is 0 Å². The molecule has 0 fully saturated rings. The van der Waals surface area contributed by atoms with Gasteiger partial charge in [-0.3, -0.25) is 9.59 Å². The normalized spacial score (nSPS) is 13.5. The molecular weight excluding hydrogens is 266 g/mol. The summed E-state index contributed by atoms with van der Waals surface area (Å²) in [7, 11) is 0. The SMILES string of the molecule is CCCCCC(O)CC(=O)NC(CCC(=O)O)C(=O)O. The summed E-state index contributed by atoms with van der Waals surface area (Å²) < 4.78 is 0. The number of carboxylic acids is 2. The minimum atomic E-state index is -1.28. The summed E-state index contributed by atoms with van der Waals surface area (Å²) in [6.45, 7) is 2.03. The number of carbonyl (C=O) groups is 3. The molecule has 0 saturated heterocycles. The van der Waals surface area contributed by atoms with Gasteiger partial charge in [-0.15, -0.1) is 0 Å². The van der Waals surface area contributed by atoms with Crippen LogP contribution in [0.3, 0.4) is 0 Å².